The summed E-state index contributed by atoms with van der Waals surface area (Å²) in [6.45, 7) is 1.84. The maximum Gasteiger partial charge on any atom is 0.342 e. The minimum atomic E-state index is -0.580. The molecule has 2 heterocycles. The van der Waals surface area contributed by atoms with Crippen molar-refractivity contribution in [2.75, 3.05) is 25.0 Å². The van der Waals surface area contributed by atoms with Crippen molar-refractivity contribution in [2.24, 2.45) is 0 Å². The number of hydrogen-bond donors (Lipinski definition) is 3. The lowest BCUT2D eigenvalue weighted by Crippen LogP contribution is -2.47. The molecule has 88 valence electrons. The molecule has 7 nitrogen and oxygen atoms in total. The zero-order valence-corrected chi connectivity index (χ0v) is 9.12. The van der Waals surface area contributed by atoms with E-state index in [0.717, 1.165) is 25.9 Å². The van der Waals surface area contributed by atoms with Crippen LogP contribution in [0, 0.1) is 0 Å². The monoisotopic (exact) mass is 225 g/mol. The average molecular weight is 225 g/mol. The smallest absolute Gasteiger partial charge is 0.342 e. The van der Waals surface area contributed by atoms with Gasteiger partial charge in [0.2, 0.25) is 5.82 Å². The van der Waals surface area contributed by atoms with Gasteiger partial charge in [0, 0.05) is 19.6 Å². The fraction of sp³-hybridized carbons (Fsp3) is 0.667. The second-order valence-corrected chi connectivity index (χ2v) is 3.94. The van der Waals surface area contributed by atoms with Crippen LogP contribution in [0.1, 0.15) is 12.8 Å². The number of piperidine rings is 1. The van der Waals surface area contributed by atoms with Crippen LogP contribution in [0.15, 0.2) is 9.59 Å². The van der Waals surface area contributed by atoms with Gasteiger partial charge < -0.3 is 10.2 Å². The summed E-state index contributed by atoms with van der Waals surface area (Å²) in [6.07, 6.45) is 2.10. The van der Waals surface area contributed by atoms with Crippen LogP contribution >= 0.6 is 0 Å². The van der Waals surface area contributed by atoms with Crippen molar-refractivity contribution in [2.45, 2.75) is 18.9 Å². The molecule has 0 aromatic carbocycles. The van der Waals surface area contributed by atoms with Crippen molar-refractivity contribution in [1.29, 1.82) is 0 Å². The topological polar surface area (TPSA) is 93.9 Å². The van der Waals surface area contributed by atoms with Gasteiger partial charge in [-0.1, -0.05) is 0 Å². The van der Waals surface area contributed by atoms with E-state index >= 15 is 0 Å². The van der Waals surface area contributed by atoms with Crippen molar-refractivity contribution in [3.63, 3.8) is 0 Å². The Labute approximate surface area is 91.9 Å². The Morgan fingerprint density at radius 3 is 2.88 bits per heavy atom. The van der Waals surface area contributed by atoms with Crippen molar-refractivity contribution < 1.29 is 0 Å². The highest BCUT2D eigenvalue weighted by Crippen LogP contribution is 2.11. The van der Waals surface area contributed by atoms with E-state index in [4.69, 9.17) is 0 Å². The summed E-state index contributed by atoms with van der Waals surface area (Å²) in [5.41, 5.74) is -1.03. The van der Waals surface area contributed by atoms with Crippen molar-refractivity contribution in [3.8, 4) is 0 Å². The molecule has 2 rings (SSSR count). The summed E-state index contributed by atoms with van der Waals surface area (Å²) in [6, 6.07) is 0.244. The fourth-order valence-electron chi connectivity index (χ4n) is 1.92. The van der Waals surface area contributed by atoms with Crippen LogP contribution in [0.2, 0.25) is 0 Å². The van der Waals surface area contributed by atoms with Crippen LogP contribution in [0.4, 0.5) is 5.82 Å². The van der Waals surface area contributed by atoms with E-state index in [2.05, 4.69) is 20.5 Å². The lowest BCUT2D eigenvalue weighted by Gasteiger charge is -2.31. The van der Waals surface area contributed by atoms with Gasteiger partial charge >= 0.3 is 5.69 Å². The standard InChI is InChI=1S/C9H15N5O2/c1-14(6-3-2-4-10-5-6)7-8(15)11-9(16)13-12-7/h6,10H,2-5H2,1H3,(H2,11,13,15,16). The molecule has 16 heavy (non-hydrogen) atoms. The van der Waals surface area contributed by atoms with E-state index in [9.17, 15) is 9.59 Å². The number of nitrogens with zero attached hydrogens (tertiary/aromatic N) is 2. The molecule has 1 saturated heterocycles. The van der Waals surface area contributed by atoms with Crippen LogP contribution in [-0.4, -0.2) is 41.4 Å². The molecular formula is C9H15N5O2. The lowest BCUT2D eigenvalue weighted by molar-refractivity contribution is 0.441. The molecule has 0 saturated carbocycles. The van der Waals surface area contributed by atoms with Crippen LogP contribution in [-0.2, 0) is 0 Å². The van der Waals surface area contributed by atoms with Gasteiger partial charge in [-0.3, -0.25) is 9.78 Å². The Balaban J connectivity index is 2.22. The van der Waals surface area contributed by atoms with E-state index in [-0.39, 0.29) is 11.9 Å². The number of nitrogens with one attached hydrogen (secondary N) is 3. The molecule has 3 N–H and O–H groups in total. The molecule has 7 heteroatoms. The summed E-state index contributed by atoms with van der Waals surface area (Å²) in [5.74, 6) is 0.258. The number of hydrogen-bond acceptors (Lipinski definition) is 5. The summed E-state index contributed by atoms with van der Waals surface area (Å²) >= 11 is 0. The molecule has 0 aliphatic carbocycles. The zero-order chi connectivity index (χ0) is 11.5. The number of aromatic amines is 2. The van der Waals surface area contributed by atoms with Crippen molar-refractivity contribution in [3.05, 3.63) is 20.8 Å². The van der Waals surface area contributed by atoms with E-state index in [1.807, 2.05) is 7.05 Å². The minimum Gasteiger partial charge on any atom is -0.349 e. The van der Waals surface area contributed by atoms with Gasteiger partial charge in [0.25, 0.3) is 5.56 Å². The molecule has 0 amide bonds. The minimum absolute atomic E-state index is 0.244. The first-order valence-corrected chi connectivity index (χ1v) is 5.31. The van der Waals surface area contributed by atoms with Crippen LogP contribution in [0.3, 0.4) is 0 Å². The van der Waals surface area contributed by atoms with Gasteiger partial charge in [0.15, 0.2) is 0 Å². The van der Waals surface area contributed by atoms with Crippen molar-refractivity contribution in [1.82, 2.24) is 20.5 Å². The van der Waals surface area contributed by atoms with Gasteiger partial charge in [0.1, 0.15) is 0 Å². The molecule has 0 radical (unpaired) electrons. The highest BCUT2D eigenvalue weighted by molar-refractivity contribution is 5.34. The Kier molecular flexibility index (Phi) is 3.04. The first kappa shape index (κ1) is 10.9. The first-order valence-electron chi connectivity index (χ1n) is 5.31. The number of aromatic nitrogens is 3. The largest absolute Gasteiger partial charge is 0.349 e. The Morgan fingerprint density at radius 1 is 1.44 bits per heavy atom. The van der Waals surface area contributed by atoms with Crippen molar-refractivity contribution >= 4 is 5.82 Å². The second-order valence-electron chi connectivity index (χ2n) is 3.94. The zero-order valence-electron chi connectivity index (χ0n) is 9.12. The highest BCUT2D eigenvalue weighted by Gasteiger charge is 2.20. The van der Waals surface area contributed by atoms with E-state index < -0.39 is 11.2 Å². The molecule has 0 bridgehead atoms. The Morgan fingerprint density at radius 2 is 2.25 bits per heavy atom. The van der Waals surface area contributed by atoms with E-state index in [0.29, 0.717) is 0 Å². The molecule has 1 aromatic rings. The van der Waals surface area contributed by atoms with Gasteiger partial charge in [-0.15, -0.1) is 5.10 Å². The molecule has 0 spiro atoms. The highest BCUT2D eigenvalue weighted by atomic mass is 16.2. The van der Waals surface area contributed by atoms with E-state index in [1.54, 1.807) is 4.90 Å². The molecule has 1 aliphatic heterocycles. The predicted molar refractivity (Wildman–Crippen MR) is 59.8 cm³/mol. The SMILES string of the molecule is CN(c1n[nH]c(=O)[nH]c1=O)C1CCCNC1. The van der Waals surface area contributed by atoms with Gasteiger partial charge in [0.05, 0.1) is 0 Å². The quantitative estimate of drug-likeness (QED) is 0.578. The molecule has 1 fully saturated rings. The summed E-state index contributed by atoms with van der Waals surface area (Å²) in [5, 5.41) is 9.27. The maximum absolute atomic E-state index is 11.5. The second kappa shape index (κ2) is 4.48. The first-order chi connectivity index (χ1) is 7.68. The summed E-state index contributed by atoms with van der Waals surface area (Å²) < 4.78 is 0. The number of rotatable bonds is 2. The van der Waals surface area contributed by atoms with Crippen LogP contribution in [0.5, 0.6) is 0 Å². The van der Waals surface area contributed by atoms with Gasteiger partial charge in [-0.25, -0.2) is 9.89 Å². The molecule has 1 unspecified atom stereocenters. The third-order valence-corrected chi connectivity index (χ3v) is 2.85. The number of anilines is 1. The molecule has 1 atom stereocenters. The third-order valence-electron chi connectivity index (χ3n) is 2.85. The average Bonchev–Trinajstić information content (AvgIpc) is 2.29. The maximum atomic E-state index is 11.5. The Bertz CT molecular complexity index is 459. The van der Waals surface area contributed by atoms with Crippen LogP contribution in [0.25, 0.3) is 0 Å². The van der Waals surface area contributed by atoms with Gasteiger partial charge in [-0.05, 0) is 19.4 Å². The molecular weight excluding hydrogens is 210 g/mol. The predicted octanol–water partition coefficient (Wildman–Crippen LogP) is -1.35. The number of likely N-dealkylation sites (N-methyl/N-ethyl adjacent to an activating group) is 1. The molecule has 1 aromatic heterocycles. The third kappa shape index (κ3) is 2.13. The molecule has 1 aliphatic rings. The normalized spacial score (nSPS) is 20.7. The Hall–Kier alpha value is -1.63. The van der Waals surface area contributed by atoms with Gasteiger partial charge in [-0.2, -0.15) is 0 Å². The lowest BCUT2D eigenvalue weighted by atomic mass is 10.1. The van der Waals surface area contributed by atoms with E-state index in [1.165, 1.54) is 0 Å². The van der Waals surface area contributed by atoms with Crippen LogP contribution < -0.4 is 21.5 Å². The summed E-state index contributed by atoms with van der Waals surface area (Å²) in [7, 11) is 1.81. The fourth-order valence-corrected chi connectivity index (χ4v) is 1.92. The summed E-state index contributed by atoms with van der Waals surface area (Å²) in [4.78, 5) is 26.3. The number of H-pyrrole nitrogens is 2.